The molecule has 1 nitrogen and oxygen atoms in total. The molecule has 1 saturated carbocycles. The number of allylic oxidation sites excluding steroid dienone is 4. The van der Waals surface area contributed by atoms with E-state index >= 15 is 0 Å². The summed E-state index contributed by atoms with van der Waals surface area (Å²) in [6.07, 6.45) is 8.14. The summed E-state index contributed by atoms with van der Waals surface area (Å²) in [5.41, 5.74) is 3.36. The van der Waals surface area contributed by atoms with E-state index < -0.39 is 0 Å². The first-order valence-electron chi connectivity index (χ1n) is 5.23. The van der Waals surface area contributed by atoms with Gasteiger partial charge in [-0.15, -0.1) is 9.24 Å². The molecule has 2 heteroatoms. The van der Waals surface area contributed by atoms with Crippen molar-refractivity contribution in [1.82, 2.24) is 0 Å². The maximum Gasteiger partial charge on any atom is 0.123 e. The largest absolute Gasteiger partial charge is 0.303 e. The molecule has 1 aliphatic rings. The molecule has 0 aromatic rings. The molecule has 0 radical (unpaired) electrons. The molecule has 1 fully saturated rings. The molecule has 0 heterocycles. The van der Waals surface area contributed by atoms with Crippen molar-refractivity contribution in [3.8, 4) is 0 Å². The highest BCUT2D eigenvalue weighted by Crippen LogP contribution is 2.37. The van der Waals surface area contributed by atoms with Crippen molar-refractivity contribution in [2.45, 2.75) is 38.8 Å². The van der Waals surface area contributed by atoms with E-state index in [4.69, 9.17) is 0 Å². The van der Waals surface area contributed by atoms with Crippen molar-refractivity contribution in [2.24, 2.45) is 5.92 Å². The molecule has 0 bridgehead atoms. The van der Waals surface area contributed by atoms with Gasteiger partial charge in [-0.2, -0.15) is 0 Å². The highest BCUT2D eigenvalue weighted by molar-refractivity contribution is 7.18. The highest BCUT2D eigenvalue weighted by Gasteiger charge is 2.22. The van der Waals surface area contributed by atoms with Gasteiger partial charge in [0.25, 0.3) is 0 Å². The lowest BCUT2D eigenvalue weighted by Crippen LogP contribution is -2.18. The molecule has 0 saturated heterocycles. The van der Waals surface area contributed by atoms with Crippen LogP contribution in [-0.4, -0.2) is 11.9 Å². The van der Waals surface area contributed by atoms with Gasteiger partial charge in [0.15, 0.2) is 0 Å². The van der Waals surface area contributed by atoms with E-state index in [1.54, 1.807) is 0 Å². The molecule has 0 spiro atoms. The maximum absolute atomic E-state index is 10.3. The Balaban J connectivity index is 2.83. The highest BCUT2D eigenvalue weighted by atomic mass is 31.0. The quantitative estimate of drug-likeness (QED) is 0.505. The topological polar surface area (TPSA) is 17.1 Å². The first kappa shape index (κ1) is 11.7. The molecule has 1 rings (SSSR count). The summed E-state index contributed by atoms with van der Waals surface area (Å²) in [5.74, 6) is 0.735. The van der Waals surface area contributed by atoms with Crippen LogP contribution in [0.25, 0.3) is 0 Å². The average Bonchev–Trinajstić information content (AvgIpc) is 2.14. The fourth-order valence-electron chi connectivity index (χ4n) is 2.17. The first-order valence-corrected chi connectivity index (χ1v) is 5.90. The van der Waals surface area contributed by atoms with Crippen LogP contribution in [0.1, 0.15) is 33.1 Å². The Hall–Kier alpha value is -0.420. The number of hydrogen-bond acceptors (Lipinski definition) is 1. The summed E-state index contributed by atoms with van der Waals surface area (Å²) >= 11 is 0. The van der Waals surface area contributed by atoms with Gasteiger partial charge in [-0.25, -0.2) is 0 Å². The van der Waals surface area contributed by atoms with E-state index in [1.807, 2.05) is 0 Å². The summed E-state index contributed by atoms with van der Waals surface area (Å²) < 4.78 is 0. The molecule has 2 unspecified atom stereocenters. The molecular formula is C12H19OP. The number of carbonyl (C=O) groups excluding carboxylic acids is 1. The maximum atomic E-state index is 10.3. The molecule has 0 N–H and O–H groups in total. The summed E-state index contributed by atoms with van der Waals surface area (Å²) in [6, 6.07) is 0. The minimum absolute atomic E-state index is 0.552. The van der Waals surface area contributed by atoms with Gasteiger partial charge < -0.3 is 4.79 Å². The van der Waals surface area contributed by atoms with Crippen LogP contribution in [0.2, 0.25) is 0 Å². The third kappa shape index (κ3) is 2.78. The van der Waals surface area contributed by atoms with Gasteiger partial charge in [0.1, 0.15) is 6.29 Å². The standard InChI is InChI=1S/C12H19OP/c1-3-11-10(5-4-6-13)7-9(2)8-12(11)14/h3,5-6,9,12H,4,7-8,14H2,1-2H3/b10-5-,11-3-/t9?,12-/m0/s1. The van der Waals surface area contributed by atoms with Gasteiger partial charge in [0, 0.05) is 6.42 Å². The van der Waals surface area contributed by atoms with E-state index in [2.05, 4.69) is 35.2 Å². The van der Waals surface area contributed by atoms with Crippen LogP contribution < -0.4 is 0 Å². The molecule has 3 atom stereocenters. The van der Waals surface area contributed by atoms with Gasteiger partial charge >= 0.3 is 0 Å². The monoisotopic (exact) mass is 210 g/mol. The van der Waals surface area contributed by atoms with Crippen molar-refractivity contribution < 1.29 is 4.79 Å². The minimum atomic E-state index is 0.552. The van der Waals surface area contributed by atoms with Crippen LogP contribution >= 0.6 is 9.24 Å². The van der Waals surface area contributed by atoms with Gasteiger partial charge in [0.2, 0.25) is 0 Å². The summed E-state index contributed by atoms with van der Waals surface area (Å²) in [4.78, 5) is 10.3. The molecule has 14 heavy (non-hydrogen) atoms. The summed E-state index contributed by atoms with van der Waals surface area (Å²) in [6.45, 7) is 4.36. The number of aldehydes is 1. The predicted octanol–water partition coefficient (Wildman–Crippen LogP) is 3.12. The lowest BCUT2D eigenvalue weighted by molar-refractivity contribution is -0.107. The van der Waals surface area contributed by atoms with Crippen LogP contribution in [-0.2, 0) is 4.79 Å². The van der Waals surface area contributed by atoms with Crippen molar-refractivity contribution in [3.63, 3.8) is 0 Å². The zero-order chi connectivity index (χ0) is 10.6. The van der Waals surface area contributed by atoms with E-state index in [-0.39, 0.29) is 0 Å². The van der Waals surface area contributed by atoms with Crippen LogP contribution in [0.5, 0.6) is 0 Å². The molecule has 0 aromatic heterocycles. The minimum Gasteiger partial charge on any atom is -0.303 e. The van der Waals surface area contributed by atoms with Crippen LogP contribution in [0.3, 0.4) is 0 Å². The number of carbonyl (C=O) groups is 1. The normalized spacial score (nSPS) is 33.6. The average molecular weight is 210 g/mol. The molecular weight excluding hydrogens is 191 g/mol. The third-order valence-corrected chi connectivity index (χ3v) is 3.40. The van der Waals surface area contributed by atoms with E-state index in [1.165, 1.54) is 17.6 Å². The second-order valence-corrected chi connectivity index (χ2v) is 4.83. The van der Waals surface area contributed by atoms with Gasteiger partial charge in [-0.3, -0.25) is 0 Å². The van der Waals surface area contributed by atoms with Crippen LogP contribution in [0.4, 0.5) is 0 Å². The van der Waals surface area contributed by atoms with E-state index in [0.29, 0.717) is 12.1 Å². The fraction of sp³-hybridized carbons (Fsp3) is 0.583. The molecule has 0 aromatic carbocycles. The van der Waals surface area contributed by atoms with Crippen molar-refractivity contribution in [2.75, 3.05) is 0 Å². The van der Waals surface area contributed by atoms with Gasteiger partial charge in [0.05, 0.1) is 0 Å². The Kier molecular flexibility index (Phi) is 4.54. The van der Waals surface area contributed by atoms with Crippen molar-refractivity contribution in [3.05, 3.63) is 23.3 Å². The van der Waals surface area contributed by atoms with Gasteiger partial charge in [-0.05, 0) is 42.5 Å². The van der Waals surface area contributed by atoms with E-state index in [0.717, 1.165) is 18.6 Å². The lowest BCUT2D eigenvalue weighted by Gasteiger charge is -2.29. The smallest absolute Gasteiger partial charge is 0.123 e. The Morgan fingerprint density at radius 1 is 1.57 bits per heavy atom. The molecule has 1 aliphatic carbocycles. The zero-order valence-corrected chi connectivity index (χ0v) is 10.1. The number of rotatable bonds is 2. The number of hydrogen-bond donors (Lipinski definition) is 0. The first-order chi connectivity index (χ1) is 6.69. The summed E-state index contributed by atoms with van der Waals surface area (Å²) in [7, 11) is 2.91. The van der Waals surface area contributed by atoms with Crippen molar-refractivity contribution in [1.29, 1.82) is 0 Å². The van der Waals surface area contributed by atoms with Gasteiger partial charge in [-0.1, -0.05) is 19.1 Å². The zero-order valence-electron chi connectivity index (χ0n) is 8.99. The Morgan fingerprint density at radius 3 is 2.86 bits per heavy atom. The second-order valence-electron chi connectivity index (χ2n) is 4.03. The molecule has 0 aliphatic heterocycles. The second kappa shape index (κ2) is 5.46. The van der Waals surface area contributed by atoms with Crippen LogP contribution in [0.15, 0.2) is 23.3 Å². The lowest BCUT2D eigenvalue weighted by atomic mass is 9.82. The van der Waals surface area contributed by atoms with Crippen molar-refractivity contribution >= 4 is 15.5 Å². The fourth-order valence-corrected chi connectivity index (χ4v) is 3.04. The molecule has 78 valence electrons. The summed E-state index contributed by atoms with van der Waals surface area (Å²) in [5, 5.41) is 0. The van der Waals surface area contributed by atoms with Crippen LogP contribution in [0, 0.1) is 5.92 Å². The predicted molar refractivity (Wildman–Crippen MR) is 64.4 cm³/mol. The molecule has 0 amide bonds. The Morgan fingerprint density at radius 2 is 2.29 bits per heavy atom. The Bertz CT molecular complexity index is 265. The Labute approximate surface area is 88.9 Å². The SMILES string of the molecule is C/C=C1/C(=C\CC=O)CC(C)C[C@@H]1P. The van der Waals surface area contributed by atoms with E-state index in [9.17, 15) is 4.79 Å². The third-order valence-electron chi connectivity index (χ3n) is 2.77.